The maximum absolute atomic E-state index is 12.4. The molecule has 5 heteroatoms. The van der Waals surface area contributed by atoms with Gasteiger partial charge in [0.25, 0.3) is 5.91 Å². The van der Waals surface area contributed by atoms with Crippen LogP contribution in [0.1, 0.15) is 48.5 Å². The van der Waals surface area contributed by atoms with E-state index in [4.69, 9.17) is 0 Å². The number of carbonyl (C=O) groups is 2. The fourth-order valence-electron chi connectivity index (χ4n) is 2.74. The van der Waals surface area contributed by atoms with Crippen molar-refractivity contribution >= 4 is 27.8 Å². The van der Waals surface area contributed by atoms with Crippen LogP contribution in [0.5, 0.6) is 0 Å². The highest BCUT2D eigenvalue weighted by Crippen LogP contribution is 2.33. The summed E-state index contributed by atoms with van der Waals surface area (Å²) in [5.41, 5.74) is 0.381. The van der Waals surface area contributed by atoms with E-state index in [1.54, 1.807) is 6.07 Å². The maximum atomic E-state index is 12.4. The molecular formula is C16H20BrNO3. The van der Waals surface area contributed by atoms with Crippen molar-refractivity contribution in [3.8, 4) is 0 Å². The molecule has 114 valence electrons. The highest BCUT2D eigenvalue weighted by Gasteiger charge is 2.42. The number of carboxylic acids is 1. The monoisotopic (exact) mass is 353 g/mol. The topological polar surface area (TPSA) is 66.4 Å². The van der Waals surface area contributed by atoms with Crippen molar-refractivity contribution in [2.45, 2.75) is 45.1 Å². The van der Waals surface area contributed by atoms with Crippen LogP contribution in [0, 0.1) is 12.8 Å². The van der Waals surface area contributed by atoms with Crippen LogP contribution in [-0.4, -0.2) is 22.5 Å². The highest BCUT2D eigenvalue weighted by molar-refractivity contribution is 9.10. The minimum Gasteiger partial charge on any atom is -0.480 e. The van der Waals surface area contributed by atoms with Gasteiger partial charge >= 0.3 is 5.97 Å². The summed E-state index contributed by atoms with van der Waals surface area (Å²) in [6.07, 6.45) is 2.61. The first-order chi connectivity index (χ1) is 9.84. The Morgan fingerprint density at radius 1 is 1.33 bits per heavy atom. The second kappa shape index (κ2) is 6.18. The number of rotatable bonds is 3. The molecule has 0 bridgehead atoms. The molecule has 1 aromatic carbocycles. The molecule has 0 atom stereocenters. The predicted octanol–water partition coefficient (Wildman–Crippen LogP) is 3.52. The SMILES string of the molecule is Cc1ccc(C(=O)NC2(C(=O)O)CCC(C)CC2)c(Br)c1. The fourth-order valence-corrected chi connectivity index (χ4v) is 3.41. The maximum Gasteiger partial charge on any atom is 0.329 e. The predicted molar refractivity (Wildman–Crippen MR) is 84.3 cm³/mol. The molecule has 0 spiro atoms. The van der Waals surface area contributed by atoms with E-state index in [0.717, 1.165) is 18.4 Å². The van der Waals surface area contributed by atoms with E-state index in [2.05, 4.69) is 28.2 Å². The van der Waals surface area contributed by atoms with Gasteiger partial charge in [-0.05, 0) is 72.2 Å². The number of carbonyl (C=O) groups excluding carboxylic acids is 1. The molecule has 0 radical (unpaired) electrons. The first-order valence-electron chi connectivity index (χ1n) is 7.16. The molecule has 1 amide bonds. The molecule has 2 N–H and O–H groups in total. The van der Waals surface area contributed by atoms with Crippen molar-refractivity contribution in [1.82, 2.24) is 5.32 Å². The Bertz CT molecular complexity index is 563. The molecule has 0 saturated heterocycles. The van der Waals surface area contributed by atoms with Crippen molar-refractivity contribution in [3.05, 3.63) is 33.8 Å². The molecule has 0 heterocycles. The zero-order chi connectivity index (χ0) is 15.6. The van der Waals surface area contributed by atoms with E-state index < -0.39 is 11.5 Å². The molecule has 1 aliphatic carbocycles. The lowest BCUT2D eigenvalue weighted by Gasteiger charge is -2.36. The van der Waals surface area contributed by atoms with Gasteiger partial charge in [0.2, 0.25) is 0 Å². The normalized spacial score (nSPS) is 25.4. The summed E-state index contributed by atoms with van der Waals surface area (Å²) in [6, 6.07) is 5.41. The van der Waals surface area contributed by atoms with Crippen molar-refractivity contribution < 1.29 is 14.7 Å². The van der Waals surface area contributed by atoms with Crippen molar-refractivity contribution in [2.75, 3.05) is 0 Å². The third-order valence-electron chi connectivity index (χ3n) is 4.26. The Balaban J connectivity index is 2.21. The highest BCUT2D eigenvalue weighted by atomic mass is 79.9. The molecule has 4 nitrogen and oxygen atoms in total. The number of carboxylic acid groups (broad SMARTS) is 1. The quantitative estimate of drug-likeness (QED) is 0.873. The number of hydrogen-bond donors (Lipinski definition) is 2. The average molecular weight is 354 g/mol. The van der Waals surface area contributed by atoms with Crippen molar-refractivity contribution in [3.63, 3.8) is 0 Å². The van der Waals surface area contributed by atoms with Crippen LogP contribution >= 0.6 is 15.9 Å². The van der Waals surface area contributed by atoms with Gasteiger partial charge < -0.3 is 10.4 Å². The minimum absolute atomic E-state index is 0.334. The van der Waals surface area contributed by atoms with Gasteiger partial charge in [0, 0.05) is 4.47 Å². The Kier molecular flexibility index (Phi) is 4.71. The van der Waals surface area contributed by atoms with Crippen LogP contribution in [0.2, 0.25) is 0 Å². The van der Waals surface area contributed by atoms with Gasteiger partial charge in [-0.25, -0.2) is 4.79 Å². The van der Waals surface area contributed by atoms with Gasteiger partial charge in [-0.2, -0.15) is 0 Å². The molecule has 1 saturated carbocycles. The molecule has 0 aliphatic heterocycles. The van der Waals surface area contributed by atoms with E-state index in [-0.39, 0.29) is 5.91 Å². The Morgan fingerprint density at radius 3 is 2.48 bits per heavy atom. The van der Waals surface area contributed by atoms with Crippen LogP contribution in [0.4, 0.5) is 0 Å². The summed E-state index contributed by atoms with van der Waals surface area (Å²) in [6.45, 7) is 4.05. The van der Waals surface area contributed by atoms with Crippen molar-refractivity contribution in [2.24, 2.45) is 5.92 Å². The van der Waals surface area contributed by atoms with E-state index in [0.29, 0.717) is 28.8 Å². The number of aryl methyl sites for hydroxylation is 1. The summed E-state index contributed by atoms with van der Waals surface area (Å²) in [5, 5.41) is 12.3. The fraction of sp³-hybridized carbons (Fsp3) is 0.500. The largest absolute Gasteiger partial charge is 0.480 e. The van der Waals surface area contributed by atoms with E-state index in [1.807, 2.05) is 19.1 Å². The van der Waals surface area contributed by atoms with Gasteiger partial charge in [-0.15, -0.1) is 0 Å². The molecule has 0 unspecified atom stereocenters. The smallest absolute Gasteiger partial charge is 0.329 e. The molecule has 1 fully saturated rings. The van der Waals surface area contributed by atoms with E-state index >= 15 is 0 Å². The zero-order valence-electron chi connectivity index (χ0n) is 12.3. The Labute approximate surface area is 133 Å². The number of nitrogens with one attached hydrogen (secondary N) is 1. The van der Waals surface area contributed by atoms with Gasteiger partial charge in [0.15, 0.2) is 0 Å². The number of aliphatic carboxylic acids is 1. The molecule has 2 rings (SSSR count). The lowest BCUT2D eigenvalue weighted by Crippen LogP contribution is -2.56. The Hall–Kier alpha value is -1.36. The molecule has 21 heavy (non-hydrogen) atoms. The standard InChI is InChI=1S/C16H20BrNO3/c1-10-5-7-16(8-6-10,15(20)21)18-14(19)12-4-3-11(2)9-13(12)17/h3-4,9-10H,5-8H2,1-2H3,(H,18,19)(H,20,21). The molecule has 1 aromatic rings. The Morgan fingerprint density at radius 2 is 1.95 bits per heavy atom. The number of benzene rings is 1. The van der Waals surface area contributed by atoms with E-state index in [1.165, 1.54) is 0 Å². The third-order valence-corrected chi connectivity index (χ3v) is 4.92. The van der Waals surface area contributed by atoms with E-state index in [9.17, 15) is 14.7 Å². The van der Waals surface area contributed by atoms with Gasteiger partial charge in [-0.3, -0.25) is 4.79 Å². The van der Waals surface area contributed by atoms with Crippen LogP contribution in [0.3, 0.4) is 0 Å². The van der Waals surface area contributed by atoms with Crippen LogP contribution in [0.15, 0.2) is 22.7 Å². The van der Waals surface area contributed by atoms with Crippen LogP contribution < -0.4 is 5.32 Å². The average Bonchev–Trinajstić information content (AvgIpc) is 2.41. The summed E-state index contributed by atoms with van der Waals surface area (Å²) in [5.74, 6) is -0.759. The molecule has 1 aliphatic rings. The number of hydrogen-bond acceptors (Lipinski definition) is 2. The summed E-state index contributed by atoms with van der Waals surface area (Å²) in [7, 11) is 0. The molecular weight excluding hydrogens is 334 g/mol. The van der Waals surface area contributed by atoms with Gasteiger partial charge in [-0.1, -0.05) is 13.0 Å². The zero-order valence-corrected chi connectivity index (χ0v) is 13.9. The van der Waals surface area contributed by atoms with Crippen LogP contribution in [0.25, 0.3) is 0 Å². The first-order valence-corrected chi connectivity index (χ1v) is 7.95. The van der Waals surface area contributed by atoms with Crippen molar-refractivity contribution in [1.29, 1.82) is 0 Å². The number of amides is 1. The summed E-state index contributed by atoms with van der Waals surface area (Å²) >= 11 is 3.37. The van der Waals surface area contributed by atoms with Gasteiger partial charge in [0.1, 0.15) is 5.54 Å². The van der Waals surface area contributed by atoms with Crippen LogP contribution in [-0.2, 0) is 4.79 Å². The molecule has 0 aromatic heterocycles. The second-order valence-corrected chi connectivity index (χ2v) is 6.86. The lowest BCUT2D eigenvalue weighted by molar-refractivity contribution is -0.146. The minimum atomic E-state index is -1.13. The summed E-state index contributed by atoms with van der Waals surface area (Å²) < 4.78 is 0.685. The lowest BCUT2D eigenvalue weighted by atomic mass is 9.77. The second-order valence-electron chi connectivity index (χ2n) is 6.01. The summed E-state index contributed by atoms with van der Waals surface area (Å²) in [4.78, 5) is 24.1. The number of halogens is 1. The third kappa shape index (κ3) is 3.46. The van der Waals surface area contributed by atoms with Gasteiger partial charge in [0.05, 0.1) is 5.56 Å². The first kappa shape index (κ1) is 16.0.